The zero-order chi connectivity index (χ0) is 15.3. The molecule has 2 aromatic carbocycles. The summed E-state index contributed by atoms with van der Waals surface area (Å²) in [5, 5.41) is 0. The molecule has 0 heterocycles. The van der Waals surface area contributed by atoms with Gasteiger partial charge in [-0.3, -0.25) is 0 Å². The van der Waals surface area contributed by atoms with Crippen molar-refractivity contribution >= 4 is 10.0 Å². The first kappa shape index (κ1) is 15.7. The molecular weight excluding hydrogens is 286 g/mol. The average molecular weight is 305 g/mol. The standard InChI is InChI=1S/C16H19NO3S/c1-13(12-20-2)17-21(18,19)16-11-7-6-10-15(16)14-8-4-3-5-9-14/h3-11,13,17H,12H2,1-2H3. The molecule has 2 aromatic rings. The van der Waals surface area contributed by atoms with Gasteiger partial charge in [-0.05, 0) is 18.6 Å². The molecule has 0 aliphatic rings. The minimum Gasteiger partial charge on any atom is -0.383 e. The average Bonchev–Trinajstić information content (AvgIpc) is 2.48. The Labute approximate surface area is 125 Å². The monoisotopic (exact) mass is 305 g/mol. The normalized spacial score (nSPS) is 13.0. The summed E-state index contributed by atoms with van der Waals surface area (Å²) >= 11 is 0. The van der Waals surface area contributed by atoms with Crippen LogP contribution in [-0.2, 0) is 14.8 Å². The highest BCUT2D eigenvalue weighted by molar-refractivity contribution is 7.89. The summed E-state index contributed by atoms with van der Waals surface area (Å²) in [6.07, 6.45) is 0. The Balaban J connectivity index is 2.41. The lowest BCUT2D eigenvalue weighted by Gasteiger charge is -2.15. The van der Waals surface area contributed by atoms with Gasteiger partial charge >= 0.3 is 0 Å². The van der Waals surface area contributed by atoms with Gasteiger partial charge in [-0.15, -0.1) is 0 Å². The summed E-state index contributed by atoms with van der Waals surface area (Å²) in [6, 6.07) is 16.2. The van der Waals surface area contributed by atoms with Crippen LogP contribution in [0.25, 0.3) is 11.1 Å². The fraction of sp³-hybridized carbons (Fsp3) is 0.250. The highest BCUT2D eigenvalue weighted by Gasteiger charge is 2.21. The first-order chi connectivity index (χ1) is 10.0. The number of ether oxygens (including phenoxy) is 1. The lowest BCUT2D eigenvalue weighted by molar-refractivity contribution is 0.180. The third kappa shape index (κ3) is 3.91. The van der Waals surface area contributed by atoms with E-state index in [1.807, 2.05) is 42.5 Å². The maximum absolute atomic E-state index is 12.5. The van der Waals surface area contributed by atoms with E-state index in [0.717, 1.165) is 5.56 Å². The van der Waals surface area contributed by atoms with Crippen LogP contribution in [0.15, 0.2) is 59.5 Å². The van der Waals surface area contributed by atoms with E-state index in [-0.39, 0.29) is 10.9 Å². The van der Waals surface area contributed by atoms with Crippen molar-refractivity contribution in [3.63, 3.8) is 0 Å². The second kappa shape index (κ2) is 6.85. The molecule has 0 saturated heterocycles. The molecule has 0 aliphatic heterocycles. The van der Waals surface area contributed by atoms with Gasteiger partial charge in [0.25, 0.3) is 0 Å². The van der Waals surface area contributed by atoms with E-state index in [2.05, 4.69) is 4.72 Å². The predicted octanol–water partition coefficient (Wildman–Crippen LogP) is 2.67. The van der Waals surface area contributed by atoms with Crippen molar-refractivity contribution in [3.8, 4) is 11.1 Å². The predicted molar refractivity (Wildman–Crippen MR) is 83.5 cm³/mol. The third-order valence-corrected chi connectivity index (χ3v) is 4.68. The Morgan fingerprint density at radius 2 is 1.67 bits per heavy atom. The van der Waals surface area contributed by atoms with Gasteiger partial charge in [-0.2, -0.15) is 0 Å². The molecule has 0 saturated carbocycles. The molecule has 0 radical (unpaired) electrons. The number of nitrogens with one attached hydrogen (secondary N) is 1. The van der Waals surface area contributed by atoms with E-state index in [1.54, 1.807) is 26.2 Å². The number of methoxy groups -OCH3 is 1. The highest BCUT2D eigenvalue weighted by atomic mass is 32.2. The van der Waals surface area contributed by atoms with Gasteiger partial charge < -0.3 is 4.74 Å². The Morgan fingerprint density at radius 3 is 2.33 bits per heavy atom. The molecule has 0 amide bonds. The summed E-state index contributed by atoms with van der Waals surface area (Å²) in [7, 11) is -2.05. The molecule has 1 unspecified atom stereocenters. The molecular formula is C16H19NO3S. The lowest BCUT2D eigenvalue weighted by Crippen LogP contribution is -2.35. The second-order valence-corrected chi connectivity index (χ2v) is 6.52. The van der Waals surface area contributed by atoms with Crippen molar-refractivity contribution in [1.82, 2.24) is 4.72 Å². The van der Waals surface area contributed by atoms with Gasteiger partial charge in [0, 0.05) is 18.7 Å². The molecule has 0 aliphatic carbocycles. The molecule has 0 spiro atoms. The van der Waals surface area contributed by atoms with Crippen molar-refractivity contribution in [2.24, 2.45) is 0 Å². The van der Waals surface area contributed by atoms with Crippen LogP contribution in [0.3, 0.4) is 0 Å². The van der Waals surface area contributed by atoms with Crippen LogP contribution >= 0.6 is 0 Å². The van der Waals surface area contributed by atoms with E-state index in [9.17, 15) is 8.42 Å². The molecule has 21 heavy (non-hydrogen) atoms. The first-order valence-corrected chi connectivity index (χ1v) is 8.18. The molecule has 0 bridgehead atoms. The summed E-state index contributed by atoms with van der Waals surface area (Å²) in [5.74, 6) is 0. The minimum atomic E-state index is -3.59. The Hall–Kier alpha value is -1.69. The van der Waals surface area contributed by atoms with Crippen LogP contribution in [0.5, 0.6) is 0 Å². The fourth-order valence-corrected chi connectivity index (χ4v) is 3.63. The van der Waals surface area contributed by atoms with Crippen molar-refractivity contribution in [3.05, 3.63) is 54.6 Å². The van der Waals surface area contributed by atoms with Gasteiger partial charge in [0.1, 0.15) is 0 Å². The van der Waals surface area contributed by atoms with Crippen molar-refractivity contribution in [2.75, 3.05) is 13.7 Å². The largest absolute Gasteiger partial charge is 0.383 e. The zero-order valence-electron chi connectivity index (χ0n) is 12.1. The summed E-state index contributed by atoms with van der Waals surface area (Å²) in [6.45, 7) is 2.10. The van der Waals surface area contributed by atoms with E-state index < -0.39 is 10.0 Å². The third-order valence-electron chi connectivity index (χ3n) is 3.03. The summed E-state index contributed by atoms with van der Waals surface area (Å²) in [4.78, 5) is 0.277. The maximum Gasteiger partial charge on any atom is 0.241 e. The van der Waals surface area contributed by atoms with Gasteiger partial charge in [0.05, 0.1) is 11.5 Å². The lowest BCUT2D eigenvalue weighted by atomic mass is 10.1. The molecule has 112 valence electrons. The quantitative estimate of drug-likeness (QED) is 0.892. The van der Waals surface area contributed by atoms with Crippen LogP contribution < -0.4 is 4.72 Å². The van der Waals surface area contributed by atoms with Crippen LogP contribution in [-0.4, -0.2) is 28.2 Å². The van der Waals surface area contributed by atoms with Crippen molar-refractivity contribution in [2.45, 2.75) is 17.9 Å². The van der Waals surface area contributed by atoms with Crippen LogP contribution in [0.1, 0.15) is 6.92 Å². The first-order valence-electron chi connectivity index (χ1n) is 6.70. The van der Waals surface area contributed by atoms with Gasteiger partial charge in [0.2, 0.25) is 10.0 Å². The molecule has 0 aromatic heterocycles. The Kier molecular flexibility index (Phi) is 5.12. The number of hydrogen-bond donors (Lipinski definition) is 1. The topological polar surface area (TPSA) is 55.4 Å². The summed E-state index contributed by atoms with van der Waals surface area (Å²) < 4.78 is 32.7. The molecule has 0 fully saturated rings. The van der Waals surface area contributed by atoms with Crippen LogP contribution in [0.4, 0.5) is 0 Å². The molecule has 1 atom stereocenters. The van der Waals surface area contributed by atoms with Gasteiger partial charge in [-0.25, -0.2) is 13.1 Å². The van der Waals surface area contributed by atoms with E-state index in [4.69, 9.17) is 4.74 Å². The van der Waals surface area contributed by atoms with Crippen LogP contribution in [0, 0.1) is 0 Å². The SMILES string of the molecule is COCC(C)NS(=O)(=O)c1ccccc1-c1ccccc1. The molecule has 5 heteroatoms. The van der Waals surface area contributed by atoms with Crippen molar-refractivity contribution < 1.29 is 13.2 Å². The molecule has 1 N–H and O–H groups in total. The zero-order valence-corrected chi connectivity index (χ0v) is 12.9. The van der Waals surface area contributed by atoms with Crippen molar-refractivity contribution in [1.29, 1.82) is 0 Å². The Bertz CT molecular complexity index is 684. The Morgan fingerprint density at radius 1 is 1.05 bits per heavy atom. The van der Waals surface area contributed by atoms with Gasteiger partial charge in [0.15, 0.2) is 0 Å². The highest BCUT2D eigenvalue weighted by Crippen LogP contribution is 2.26. The van der Waals surface area contributed by atoms with Crippen LogP contribution in [0.2, 0.25) is 0 Å². The van der Waals surface area contributed by atoms with Gasteiger partial charge in [-0.1, -0.05) is 48.5 Å². The molecule has 2 rings (SSSR count). The number of benzene rings is 2. The number of sulfonamides is 1. The fourth-order valence-electron chi connectivity index (χ4n) is 2.17. The second-order valence-electron chi connectivity index (χ2n) is 4.84. The van der Waals surface area contributed by atoms with E-state index >= 15 is 0 Å². The van der Waals surface area contributed by atoms with E-state index in [1.165, 1.54) is 0 Å². The number of hydrogen-bond acceptors (Lipinski definition) is 3. The molecule has 4 nitrogen and oxygen atoms in total. The van der Waals surface area contributed by atoms with E-state index in [0.29, 0.717) is 12.2 Å². The minimum absolute atomic E-state index is 0.277. The summed E-state index contributed by atoms with van der Waals surface area (Å²) in [5.41, 5.74) is 1.56. The number of rotatable bonds is 6. The smallest absolute Gasteiger partial charge is 0.241 e. The maximum atomic E-state index is 12.5.